The Bertz CT molecular complexity index is 447. The Morgan fingerprint density at radius 2 is 2.12 bits per heavy atom. The van der Waals surface area contributed by atoms with E-state index in [0.29, 0.717) is 0 Å². The first-order valence-electron chi connectivity index (χ1n) is 5.70. The summed E-state index contributed by atoms with van der Waals surface area (Å²) in [5.41, 5.74) is -0.171. The largest absolute Gasteiger partial charge is 0.459 e. The van der Waals surface area contributed by atoms with Crippen LogP contribution in [0, 0.1) is 0 Å². The van der Waals surface area contributed by atoms with Crippen molar-refractivity contribution in [3.63, 3.8) is 0 Å². The van der Waals surface area contributed by atoms with Gasteiger partial charge in [-0.2, -0.15) is 0 Å². The summed E-state index contributed by atoms with van der Waals surface area (Å²) in [6.45, 7) is 5.65. The van der Waals surface area contributed by atoms with Crippen LogP contribution >= 0.6 is 15.9 Å². The van der Waals surface area contributed by atoms with Gasteiger partial charge in [-0.05, 0) is 61.7 Å². The van der Waals surface area contributed by atoms with E-state index in [-0.39, 0.29) is 5.97 Å². The van der Waals surface area contributed by atoms with Gasteiger partial charge in [0.05, 0.1) is 5.69 Å². The van der Waals surface area contributed by atoms with Gasteiger partial charge in [0.2, 0.25) is 0 Å². The predicted molar refractivity (Wildman–Crippen MR) is 68.7 cm³/mol. The normalized spacial score (nSPS) is 17.6. The van der Waals surface area contributed by atoms with Crippen LogP contribution in [0.4, 0.5) is 0 Å². The van der Waals surface area contributed by atoms with Crippen molar-refractivity contribution in [1.29, 1.82) is 0 Å². The quantitative estimate of drug-likeness (QED) is 0.787. The lowest BCUT2D eigenvalue weighted by Gasteiger charge is -2.23. The molecule has 3 nitrogen and oxygen atoms in total. The zero-order chi connectivity index (χ0) is 12.7. The van der Waals surface area contributed by atoms with Gasteiger partial charge in [0.25, 0.3) is 0 Å². The molecule has 17 heavy (non-hydrogen) atoms. The van der Waals surface area contributed by atoms with Crippen LogP contribution in [0.1, 0.15) is 39.3 Å². The standard InChI is InChI=1S/C13H16BrNO2/c1-12(2,3)17-11(16)13(6-7-13)10-9(14)5-4-8-15-10/h4-5,8H,6-7H2,1-3H3. The van der Waals surface area contributed by atoms with Crippen molar-refractivity contribution in [2.75, 3.05) is 0 Å². The highest BCUT2D eigenvalue weighted by Crippen LogP contribution is 2.50. The van der Waals surface area contributed by atoms with Gasteiger partial charge in [0.1, 0.15) is 11.0 Å². The maximum Gasteiger partial charge on any atom is 0.318 e. The van der Waals surface area contributed by atoms with Gasteiger partial charge < -0.3 is 4.74 Å². The summed E-state index contributed by atoms with van der Waals surface area (Å²) in [4.78, 5) is 16.5. The van der Waals surface area contributed by atoms with Crippen molar-refractivity contribution in [2.24, 2.45) is 0 Å². The van der Waals surface area contributed by atoms with E-state index < -0.39 is 11.0 Å². The molecule has 1 aliphatic rings. The SMILES string of the molecule is CC(C)(C)OC(=O)C1(c2ncccc2Br)CC1. The smallest absolute Gasteiger partial charge is 0.318 e. The number of aromatic nitrogens is 1. The Kier molecular flexibility index (Phi) is 3.02. The summed E-state index contributed by atoms with van der Waals surface area (Å²) >= 11 is 3.45. The number of carbonyl (C=O) groups excluding carboxylic acids is 1. The van der Waals surface area contributed by atoms with E-state index in [4.69, 9.17) is 4.74 Å². The molecule has 1 fully saturated rings. The van der Waals surface area contributed by atoms with Crippen LogP contribution in [0.5, 0.6) is 0 Å². The van der Waals surface area contributed by atoms with Gasteiger partial charge in [-0.25, -0.2) is 0 Å². The zero-order valence-corrected chi connectivity index (χ0v) is 11.9. The van der Waals surface area contributed by atoms with Crippen LogP contribution in [-0.2, 0) is 14.9 Å². The van der Waals surface area contributed by atoms with Crippen molar-refractivity contribution >= 4 is 21.9 Å². The molecule has 1 aromatic heterocycles. The summed E-state index contributed by atoms with van der Waals surface area (Å²) in [6.07, 6.45) is 3.35. The van der Waals surface area contributed by atoms with Crippen LogP contribution in [-0.4, -0.2) is 16.6 Å². The van der Waals surface area contributed by atoms with Crippen LogP contribution in [0.15, 0.2) is 22.8 Å². The molecule has 0 spiro atoms. The number of carbonyl (C=O) groups is 1. The highest BCUT2D eigenvalue weighted by atomic mass is 79.9. The molecule has 0 radical (unpaired) electrons. The third-order valence-corrected chi connectivity index (χ3v) is 3.39. The Balaban J connectivity index is 2.26. The molecule has 0 bridgehead atoms. The summed E-state index contributed by atoms with van der Waals surface area (Å²) < 4.78 is 6.35. The minimum atomic E-state index is -0.520. The number of halogens is 1. The van der Waals surface area contributed by atoms with E-state index in [2.05, 4.69) is 20.9 Å². The minimum absolute atomic E-state index is 0.163. The Labute approximate surface area is 110 Å². The molecule has 4 heteroatoms. The predicted octanol–water partition coefficient (Wildman–Crippen LogP) is 3.22. The third-order valence-electron chi connectivity index (χ3n) is 2.75. The Hall–Kier alpha value is -0.900. The van der Waals surface area contributed by atoms with Crippen molar-refractivity contribution in [3.8, 4) is 0 Å². The van der Waals surface area contributed by atoms with Crippen LogP contribution < -0.4 is 0 Å². The second kappa shape index (κ2) is 4.09. The number of ether oxygens (including phenoxy) is 1. The van der Waals surface area contributed by atoms with Gasteiger partial charge in [0.15, 0.2) is 0 Å². The molecule has 0 saturated heterocycles. The maximum absolute atomic E-state index is 12.2. The van der Waals surface area contributed by atoms with E-state index in [0.717, 1.165) is 23.0 Å². The first-order valence-corrected chi connectivity index (χ1v) is 6.49. The summed E-state index contributed by atoms with van der Waals surface area (Å²) in [6, 6.07) is 3.76. The molecule has 0 aromatic carbocycles. The molecule has 2 rings (SSSR count). The third kappa shape index (κ3) is 2.51. The fourth-order valence-corrected chi connectivity index (χ4v) is 2.41. The Morgan fingerprint density at radius 3 is 2.59 bits per heavy atom. The number of pyridine rings is 1. The molecular formula is C13H16BrNO2. The fourth-order valence-electron chi connectivity index (χ4n) is 1.78. The molecule has 0 aliphatic heterocycles. The highest BCUT2D eigenvalue weighted by Gasteiger charge is 2.55. The van der Waals surface area contributed by atoms with Crippen molar-refractivity contribution < 1.29 is 9.53 Å². The second-order valence-corrected chi connectivity index (χ2v) is 6.27. The van der Waals surface area contributed by atoms with Crippen molar-refractivity contribution in [2.45, 2.75) is 44.6 Å². The number of esters is 1. The van der Waals surface area contributed by atoms with Gasteiger partial charge in [-0.1, -0.05) is 0 Å². The molecule has 1 aliphatic carbocycles. The molecule has 1 heterocycles. The lowest BCUT2D eigenvalue weighted by molar-refractivity contribution is -0.158. The van der Waals surface area contributed by atoms with Crippen LogP contribution in [0.3, 0.4) is 0 Å². The van der Waals surface area contributed by atoms with Crippen LogP contribution in [0.2, 0.25) is 0 Å². The molecule has 92 valence electrons. The molecule has 0 N–H and O–H groups in total. The van der Waals surface area contributed by atoms with Gasteiger partial charge in [-0.15, -0.1) is 0 Å². The summed E-state index contributed by atoms with van der Waals surface area (Å²) in [5.74, 6) is -0.163. The molecule has 1 saturated carbocycles. The van der Waals surface area contributed by atoms with Crippen LogP contribution in [0.25, 0.3) is 0 Å². The molecule has 0 unspecified atom stereocenters. The van der Waals surface area contributed by atoms with E-state index in [1.165, 1.54) is 0 Å². The van der Waals surface area contributed by atoms with Gasteiger partial charge in [-0.3, -0.25) is 9.78 Å². The van der Waals surface area contributed by atoms with E-state index in [1.54, 1.807) is 6.20 Å². The minimum Gasteiger partial charge on any atom is -0.459 e. The number of hydrogen-bond acceptors (Lipinski definition) is 3. The molecular weight excluding hydrogens is 282 g/mol. The van der Waals surface area contributed by atoms with Crippen molar-refractivity contribution in [1.82, 2.24) is 4.98 Å². The average Bonchev–Trinajstić information content (AvgIpc) is 2.96. The topological polar surface area (TPSA) is 39.2 Å². The fraction of sp³-hybridized carbons (Fsp3) is 0.538. The maximum atomic E-state index is 12.2. The van der Waals surface area contributed by atoms with E-state index >= 15 is 0 Å². The van der Waals surface area contributed by atoms with Gasteiger partial charge >= 0.3 is 5.97 Å². The summed E-state index contributed by atoms with van der Waals surface area (Å²) in [5, 5.41) is 0. The van der Waals surface area contributed by atoms with E-state index in [1.807, 2.05) is 32.9 Å². The lowest BCUT2D eigenvalue weighted by atomic mass is 10.0. The number of hydrogen-bond donors (Lipinski definition) is 0. The monoisotopic (exact) mass is 297 g/mol. The summed E-state index contributed by atoms with van der Waals surface area (Å²) in [7, 11) is 0. The first-order chi connectivity index (χ1) is 7.85. The first kappa shape index (κ1) is 12.6. The number of rotatable bonds is 2. The zero-order valence-electron chi connectivity index (χ0n) is 10.3. The molecule has 0 atom stereocenters. The number of nitrogens with zero attached hydrogens (tertiary/aromatic N) is 1. The molecule has 0 amide bonds. The van der Waals surface area contributed by atoms with Gasteiger partial charge in [0, 0.05) is 10.7 Å². The Morgan fingerprint density at radius 1 is 1.47 bits per heavy atom. The van der Waals surface area contributed by atoms with E-state index in [9.17, 15) is 4.79 Å². The lowest BCUT2D eigenvalue weighted by Crippen LogP contribution is -2.32. The van der Waals surface area contributed by atoms with Crippen molar-refractivity contribution in [3.05, 3.63) is 28.5 Å². The second-order valence-electron chi connectivity index (χ2n) is 5.42. The molecule has 1 aromatic rings. The highest BCUT2D eigenvalue weighted by molar-refractivity contribution is 9.10. The average molecular weight is 298 g/mol.